The van der Waals surface area contributed by atoms with Crippen LogP contribution in [-0.2, 0) is 17.9 Å². The third-order valence-electron chi connectivity index (χ3n) is 5.78. The van der Waals surface area contributed by atoms with Crippen LogP contribution in [0.2, 0.25) is 5.02 Å². The Morgan fingerprint density at radius 3 is 2.32 bits per heavy atom. The number of halogens is 1. The monoisotopic (exact) mass is 435 g/mol. The minimum absolute atomic E-state index is 0.0158. The summed E-state index contributed by atoms with van der Waals surface area (Å²) in [6.45, 7) is 2.34. The maximum atomic E-state index is 13.1. The van der Waals surface area contributed by atoms with E-state index in [9.17, 15) is 9.59 Å². The van der Waals surface area contributed by atoms with Gasteiger partial charge in [-0.25, -0.2) is 0 Å². The quantitative estimate of drug-likeness (QED) is 0.625. The van der Waals surface area contributed by atoms with E-state index >= 15 is 0 Å². The Balaban J connectivity index is 1.31. The lowest BCUT2D eigenvalue weighted by molar-refractivity contribution is -0.126. The zero-order chi connectivity index (χ0) is 21.6. The van der Waals surface area contributed by atoms with Crippen LogP contribution in [0.5, 0.6) is 0 Å². The molecule has 3 aromatic rings. The van der Waals surface area contributed by atoms with E-state index in [2.05, 4.69) is 5.32 Å². The molecule has 0 aliphatic carbocycles. The van der Waals surface area contributed by atoms with E-state index in [4.69, 9.17) is 11.6 Å². The lowest BCUT2D eigenvalue weighted by Gasteiger charge is -2.31. The molecule has 0 radical (unpaired) electrons. The van der Waals surface area contributed by atoms with E-state index in [0.717, 1.165) is 11.1 Å². The molecule has 0 unspecified atom stereocenters. The summed E-state index contributed by atoms with van der Waals surface area (Å²) in [5.41, 5.74) is 2.84. The molecule has 160 valence electrons. The Hall–Kier alpha value is -3.05. The van der Waals surface area contributed by atoms with Gasteiger partial charge in [-0.05, 0) is 48.2 Å². The Morgan fingerprint density at radius 1 is 0.903 bits per heavy atom. The lowest BCUT2D eigenvalue weighted by atomic mass is 9.95. The van der Waals surface area contributed by atoms with E-state index in [0.29, 0.717) is 49.7 Å². The second kappa shape index (κ2) is 9.84. The Labute approximate surface area is 187 Å². The van der Waals surface area contributed by atoms with Crippen molar-refractivity contribution in [2.75, 3.05) is 13.1 Å². The minimum atomic E-state index is -0.0476. The molecule has 1 fully saturated rings. The molecule has 1 aliphatic heterocycles. The molecular formula is C25H26ClN3O2. The average Bonchev–Trinajstić information content (AvgIpc) is 3.27. The second-order valence-electron chi connectivity index (χ2n) is 7.92. The summed E-state index contributed by atoms with van der Waals surface area (Å²) in [6.07, 6.45) is 3.29. The van der Waals surface area contributed by atoms with Crippen molar-refractivity contribution in [3.63, 3.8) is 0 Å². The number of nitrogens with one attached hydrogen (secondary N) is 1. The second-order valence-corrected chi connectivity index (χ2v) is 8.35. The fraction of sp³-hybridized carbons (Fsp3) is 0.280. The molecule has 1 N–H and O–H groups in total. The van der Waals surface area contributed by atoms with Gasteiger partial charge in [-0.15, -0.1) is 0 Å². The number of carbonyl (C=O) groups is 2. The number of piperidine rings is 1. The van der Waals surface area contributed by atoms with Crippen LogP contribution in [0.3, 0.4) is 0 Å². The first-order valence-electron chi connectivity index (χ1n) is 10.6. The van der Waals surface area contributed by atoms with E-state index in [1.54, 1.807) is 0 Å². The van der Waals surface area contributed by atoms with Crippen LogP contribution >= 0.6 is 11.6 Å². The first-order valence-corrected chi connectivity index (χ1v) is 11.0. The SMILES string of the molecule is O=C(NCc1ccccc1)C1CCN(C(=O)c2cccn2Cc2ccc(Cl)cc2)CC1. The lowest BCUT2D eigenvalue weighted by Crippen LogP contribution is -2.43. The molecule has 1 aromatic heterocycles. The molecule has 2 amide bonds. The standard InChI is InChI=1S/C25H26ClN3O2/c26-22-10-8-20(9-11-22)18-29-14-4-7-23(29)25(31)28-15-12-21(13-16-28)24(30)27-17-19-5-2-1-3-6-19/h1-11,14,21H,12-13,15-18H2,(H,27,30). The van der Waals surface area contributed by atoms with Crippen molar-refractivity contribution in [2.45, 2.75) is 25.9 Å². The van der Waals surface area contributed by atoms with Crippen molar-refractivity contribution in [2.24, 2.45) is 5.92 Å². The molecule has 1 aliphatic rings. The van der Waals surface area contributed by atoms with Gasteiger partial charge in [0, 0.05) is 43.3 Å². The summed E-state index contributed by atoms with van der Waals surface area (Å²) in [4.78, 5) is 27.5. The van der Waals surface area contributed by atoms with Crippen LogP contribution in [0.4, 0.5) is 0 Å². The van der Waals surface area contributed by atoms with E-state index < -0.39 is 0 Å². The molecule has 6 heteroatoms. The van der Waals surface area contributed by atoms with Crippen LogP contribution in [0.1, 0.15) is 34.5 Å². The van der Waals surface area contributed by atoms with E-state index in [1.165, 1.54) is 0 Å². The number of amides is 2. The van der Waals surface area contributed by atoms with Gasteiger partial charge in [-0.2, -0.15) is 0 Å². The Morgan fingerprint density at radius 2 is 1.61 bits per heavy atom. The molecule has 2 heterocycles. The van der Waals surface area contributed by atoms with Gasteiger partial charge >= 0.3 is 0 Å². The molecule has 0 spiro atoms. The largest absolute Gasteiger partial charge is 0.352 e. The maximum absolute atomic E-state index is 13.1. The number of rotatable bonds is 6. The topological polar surface area (TPSA) is 54.3 Å². The molecule has 1 saturated heterocycles. The summed E-state index contributed by atoms with van der Waals surface area (Å²) in [5, 5.41) is 3.72. The Bertz CT molecular complexity index is 1020. The van der Waals surface area contributed by atoms with Gasteiger partial charge in [0.2, 0.25) is 5.91 Å². The van der Waals surface area contributed by atoms with Crippen molar-refractivity contribution in [3.05, 3.63) is 94.8 Å². The first-order chi connectivity index (χ1) is 15.1. The van der Waals surface area contributed by atoms with Gasteiger partial charge in [-0.1, -0.05) is 54.1 Å². The number of aromatic nitrogens is 1. The smallest absolute Gasteiger partial charge is 0.270 e. The van der Waals surface area contributed by atoms with Gasteiger partial charge in [0.15, 0.2) is 0 Å². The normalized spacial score (nSPS) is 14.4. The molecule has 0 atom stereocenters. The van der Waals surface area contributed by atoms with E-state index in [1.807, 2.05) is 82.4 Å². The number of nitrogens with zero attached hydrogens (tertiary/aromatic N) is 2. The number of hydrogen-bond donors (Lipinski definition) is 1. The van der Waals surface area contributed by atoms with Crippen LogP contribution in [0.25, 0.3) is 0 Å². The highest BCUT2D eigenvalue weighted by Gasteiger charge is 2.28. The molecular weight excluding hydrogens is 410 g/mol. The zero-order valence-corrected chi connectivity index (χ0v) is 18.1. The first kappa shape index (κ1) is 21.2. The summed E-state index contributed by atoms with van der Waals surface area (Å²) in [6, 6.07) is 21.3. The number of benzene rings is 2. The van der Waals surface area contributed by atoms with Gasteiger partial charge in [0.05, 0.1) is 0 Å². The van der Waals surface area contributed by atoms with Gasteiger partial charge < -0.3 is 14.8 Å². The van der Waals surface area contributed by atoms with Crippen LogP contribution in [-0.4, -0.2) is 34.4 Å². The zero-order valence-electron chi connectivity index (χ0n) is 17.3. The molecule has 2 aromatic carbocycles. The van der Waals surface area contributed by atoms with Gasteiger partial charge in [0.25, 0.3) is 5.91 Å². The molecule has 4 rings (SSSR count). The fourth-order valence-electron chi connectivity index (χ4n) is 3.97. The third-order valence-corrected chi connectivity index (χ3v) is 6.03. The average molecular weight is 436 g/mol. The molecule has 0 bridgehead atoms. The highest BCUT2D eigenvalue weighted by molar-refractivity contribution is 6.30. The number of carbonyl (C=O) groups excluding carboxylic acids is 2. The fourth-order valence-corrected chi connectivity index (χ4v) is 4.09. The highest BCUT2D eigenvalue weighted by atomic mass is 35.5. The van der Waals surface area contributed by atoms with Crippen LogP contribution < -0.4 is 5.32 Å². The van der Waals surface area contributed by atoms with Crippen molar-refractivity contribution >= 4 is 23.4 Å². The maximum Gasteiger partial charge on any atom is 0.270 e. The molecule has 5 nitrogen and oxygen atoms in total. The van der Waals surface area contributed by atoms with E-state index in [-0.39, 0.29) is 17.7 Å². The van der Waals surface area contributed by atoms with Crippen LogP contribution in [0.15, 0.2) is 72.9 Å². The number of hydrogen-bond acceptors (Lipinski definition) is 2. The van der Waals surface area contributed by atoms with Gasteiger partial charge in [-0.3, -0.25) is 9.59 Å². The van der Waals surface area contributed by atoms with Crippen molar-refractivity contribution in [1.82, 2.24) is 14.8 Å². The number of likely N-dealkylation sites (tertiary alicyclic amines) is 1. The predicted octanol–water partition coefficient (Wildman–Crippen LogP) is 4.36. The van der Waals surface area contributed by atoms with Gasteiger partial charge in [0.1, 0.15) is 5.69 Å². The molecule has 31 heavy (non-hydrogen) atoms. The highest BCUT2D eigenvalue weighted by Crippen LogP contribution is 2.20. The van der Waals surface area contributed by atoms with Crippen molar-refractivity contribution < 1.29 is 9.59 Å². The molecule has 0 saturated carbocycles. The Kier molecular flexibility index (Phi) is 6.73. The summed E-state index contributed by atoms with van der Waals surface area (Å²) in [5.74, 6) is 0.0396. The minimum Gasteiger partial charge on any atom is -0.352 e. The van der Waals surface area contributed by atoms with Crippen molar-refractivity contribution in [1.29, 1.82) is 0 Å². The predicted molar refractivity (Wildman–Crippen MR) is 122 cm³/mol. The van der Waals surface area contributed by atoms with Crippen molar-refractivity contribution in [3.8, 4) is 0 Å². The van der Waals surface area contributed by atoms with Crippen LogP contribution in [0, 0.1) is 5.92 Å². The summed E-state index contributed by atoms with van der Waals surface area (Å²) in [7, 11) is 0. The third kappa shape index (κ3) is 5.36. The summed E-state index contributed by atoms with van der Waals surface area (Å²) < 4.78 is 1.96. The summed E-state index contributed by atoms with van der Waals surface area (Å²) >= 11 is 5.97.